The number of rotatable bonds is 4. The molecule has 2 amide bonds. The third-order valence-electron chi connectivity index (χ3n) is 4.58. The van der Waals surface area contributed by atoms with E-state index in [-0.39, 0.29) is 23.7 Å². The van der Waals surface area contributed by atoms with Gasteiger partial charge in [-0.05, 0) is 36.5 Å². The van der Waals surface area contributed by atoms with Gasteiger partial charge in [0.25, 0.3) is 0 Å². The van der Waals surface area contributed by atoms with Crippen LogP contribution in [-0.2, 0) is 14.4 Å². The number of nitrogens with one attached hydrogen (secondary N) is 2. The van der Waals surface area contributed by atoms with Crippen molar-refractivity contribution < 1.29 is 19.5 Å². The molecule has 1 fully saturated rings. The minimum Gasteiger partial charge on any atom is -0.550 e. The first-order valence-electron chi connectivity index (χ1n) is 7.64. The molecule has 4 atom stereocenters. The molecular formula is C17H16ClN2O4-. The van der Waals surface area contributed by atoms with Gasteiger partial charge in [0, 0.05) is 24.5 Å². The number of carbonyl (C=O) groups is 3. The summed E-state index contributed by atoms with van der Waals surface area (Å²) < 4.78 is 0. The number of aliphatic carboxylic acids is 1. The molecule has 2 aliphatic rings. The van der Waals surface area contributed by atoms with Crippen LogP contribution in [0.4, 0.5) is 11.4 Å². The highest BCUT2D eigenvalue weighted by Gasteiger charge is 2.48. The Bertz CT molecular complexity index is 746. The van der Waals surface area contributed by atoms with Gasteiger partial charge in [0.1, 0.15) is 0 Å². The SMILES string of the molecule is CC(=O)Nc1cc(NC(=O)[C@H]2[C@@H](C(=O)[O-])[C@H]3C=C[C@H]2C3)ccc1Cl. The highest BCUT2D eigenvalue weighted by atomic mass is 35.5. The zero-order chi connectivity index (χ0) is 17.4. The Hall–Kier alpha value is -2.34. The average molecular weight is 348 g/mol. The maximum Gasteiger partial charge on any atom is 0.228 e. The molecule has 6 nitrogen and oxygen atoms in total. The van der Waals surface area contributed by atoms with E-state index in [2.05, 4.69) is 10.6 Å². The summed E-state index contributed by atoms with van der Waals surface area (Å²) in [4.78, 5) is 35.1. The summed E-state index contributed by atoms with van der Waals surface area (Å²) in [6.45, 7) is 1.35. The van der Waals surface area contributed by atoms with E-state index in [1.54, 1.807) is 18.2 Å². The van der Waals surface area contributed by atoms with Gasteiger partial charge in [-0.25, -0.2) is 0 Å². The second kappa shape index (κ2) is 6.28. The zero-order valence-corrected chi connectivity index (χ0v) is 13.7. The lowest BCUT2D eigenvalue weighted by molar-refractivity contribution is -0.313. The molecule has 0 heterocycles. The van der Waals surface area contributed by atoms with E-state index in [1.807, 2.05) is 12.2 Å². The zero-order valence-electron chi connectivity index (χ0n) is 12.9. The van der Waals surface area contributed by atoms with Gasteiger partial charge in [0.15, 0.2) is 0 Å². The molecule has 2 bridgehead atoms. The second-order valence-electron chi connectivity index (χ2n) is 6.18. The maximum absolute atomic E-state index is 12.6. The number of hydrogen-bond acceptors (Lipinski definition) is 4. The molecule has 24 heavy (non-hydrogen) atoms. The van der Waals surface area contributed by atoms with E-state index in [0.29, 0.717) is 22.8 Å². The third-order valence-corrected chi connectivity index (χ3v) is 4.91. The Morgan fingerprint density at radius 1 is 1.12 bits per heavy atom. The third kappa shape index (κ3) is 3.01. The van der Waals surface area contributed by atoms with Crippen molar-refractivity contribution in [3.63, 3.8) is 0 Å². The minimum atomic E-state index is -1.19. The summed E-state index contributed by atoms with van der Waals surface area (Å²) in [6.07, 6.45) is 4.42. The molecule has 3 rings (SSSR count). The van der Waals surface area contributed by atoms with E-state index in [1.165, 1.54) is 6.92 Å². The largest absolute Gasteiger partial charge is 0.550 e. The number of amides is 2. The fourth-order valence-electron chi connectivity index (χ4n) is 3.62. The number of carboxylic acids is 1. The highest BCUT2D eigenvalue weighted by Crippen LogP contribution is 2.48. The molecule has 7 heteroatoms. The predicted molar refractivity (Wildman–Crippen MR) is 87.1 cm³/mol. The standard InChI is InChI=1S/C17H17ClN2O4/c1-8(21)19-13-7-11(4-5-12(13)18)20-16(22)14-9-2-3-10(6-9)15(14)17(23)24/h2-5,7,9-10,14-15H,6H2,1H3,(H,19,21)(H,20,22)(H,23,24)/p-1/t9-,10-,14+,15-/m0/s1. The molecule has 0 spiro atoms. The van der Waals surface area contributed by atoms with Gasteiger partial charge in [-0.2, -0.15) is 0 Å². The number of fused-ring (bicyclic) bond motifs is 2. The van der Waals surface area contributed by atoms with Crippen LogP contribution in [0.2, 0.25) is 5.02 Å². The van der Waals surface area contributed by atoms with Gasteiger partial charge in [0.05, 0.1) is 16.6 Å². The van der Waals surface area contributed by atoms with Crippen molar-refractivity contribution >= 4 is 40.8 Å². The van der Waals surface area contributed by atoms with Crippen LogP contribution in [0.15, 0.2) is 30.4 Å². The average Bonchev–Trinajstić information content (AvgIpc) is 3.10. The van der Waals surface area contributed by atoms with Gasteiger partial charge in [0.2, 0.25) is 11.8 Å². The van der Waals surface area contributed by atoms with Gasteiger partial charge in [-0.15, -0.1) is 0 Å². The summed E-state index contributed by atoms with van der Waals surface area (Å²) >= 11 is 6.00. The van der Waals surface area contributed by atoms with Crippen LogP contribution >= 0.6 is 11.6 Å². The van der Waals surface area contributed by atoms with E-state index in [0.717, 1.165) is 0 Å². The van der Waals surface area contributed by atoms with Crippen molar-refractivity contribution in [2.24, 2.45) is 23.7 Å². The number of hydrogen-bond donors (Lipinski definition) is 2. The molecule has 1 aromatic rings. The predicted octanol–water partition coefficient (Wildman–Crippen LogP) is 1.43. The molecule has 1 aromatic carbocycles. The van der Waals surface area contributed by atoms with Crippen LogP contribution in [0.25, 0.3) is 0 Å². The summed E-state index contributed by atoms with van der Waals surface area (Å²) in [5, 5.41) is 17.0. The molecule has 126 valence electrons. The molecule has 0 aliphatic heterocycles. The first-order chi connectivity index (χ1) is 11.4. The highest BCUT2D eigenvalue weighted by molar-refractivity contribution is 6.33. The van der Waals surface area contributed by atoms with Crippen molar-refractivity contribution in [2.45, 2.75) is 13.3 Å². The van der Waals surface area contributed by atoms with Gasteiger partial charge in [-0.1, -0.05) is 23.8 Å². The monoisotopic (exact) mass is 347 g/mol. The van der Waals surface area contributed by atoms with E-state index in [9.17, 15) is 19.5 Å². The lowest BCUT2D eigenvalue weighted by atomic mass is 9.82. The Balaban J connectivity index is 1.79. The first-order valence-corrected chi connectivity index (χ1v) is 8.02. The first kappa shape index (κ1) is 16.5. The molecule has 1 saturated carbocycles. The molecular weight excluding hydrogens is 332 g/mol. The fourth-order valence-corrected chi connectivity index (χ4v) is 3.78. The van der Waals surface area contributed by atoms with Crippen molar-refractivity contribution in [2.75, 3.05) is 10.6 Å². The van der Waals surface area contributed by atoms with Crippen LogP contribution in [0, 0.1) is 23.7 Å². The number of anilines is 2. The summed E-state index contributed by atoms with van der Waals surface area (Å²) in [6, 6.07) is 4.70. The van der Waals surface area contributed by atoms with Crippen LogP contribution in [-0.4, -0.2) is 17.8 Å². The van der Waals surface area contributed by atoms with Crippen LogP contribution in [0.5, 0.6) is 0 Å². The fraction of sp³-hybridized carbons (Fsp3) is 0.353. The van der Waals surface area contributed by atoms with Gasteiger partial charge < -0.3 is 20.5 Å². The lowest BCUT2D eigenvalue weighted by Crippen LogP contribution is -2.42. The summed E-state index contributed by atoms with van der Waals surface area (Å²) in [5.74, 6) is -3.52. The smallest absolute Gasteiger partial charge is 0.228 e. The molecule has 0 radical (unpaired) electrons. The van der Waals surface area contributed by atoms with Crippen molar-refractivity contribution in [1.82, 2.24) is 0 Å². The second-order valence-corrected chi connectivity index (χ2v) is 6.59. The summed E-state index contributed by atoms with van der Waals surface area (Å²) in [5.41, 5.74) is 0.822. The van der Waals surface area contributed by atoms with E-state index < -0.39 is 17.8 Å². The number of benzene rings is 1. The van der Waals surface area contributed by atoms with Crippen LogP contribution in [0.1, 0.15) is 13.3 Å². The van der Waals surface area contributed by atoms with Crippen molar-refractivity contribution in [3.8, 4) is 0 Å². The quantitative estimate of drug-likeness (QED) is 0.805. The lowest BCUT2D eigenvalue weighted by Gasteiger charge is -2.27. The van der Waals surface area contributed by atoms with Gasteiger partial charge >= 0.3 is 0 Å². The Morgan fingerprint density at radius 2 is 1.79 bits per heavy atom. The topological polar surface area (TPSA) is 98.3 Å². The Morgan fingerprint density at radius 3 is 2.42 bits per heavy atom. The molecule has 0 aromatic heterocycles. The van der Waals surface area contributed by atoms with Crippen LogP contribution in [0.3, 0.4) is 0 Å². The van der Waals surface area contributed by atoms with E-state index >= 15 is 0 Å². The number of carboxylic acid groups (broad SMARTS) is 1. The summed E-state index contributed by atoms with van der Waals surface area (Å²) in [7, 11) is 0. The van der Waals surface area contributed by atoms with E-state index in [4.69, 9.17) is 11.6 Å². The number of carbonyl (C=O) groups excluding carboxylic acids is 3. The molecule has 2 aliphatic carbocycles. The maximum atomic E-state index is 12.6. The van der Waals surface area contributed by atoms with Crippen LogP contribution < -0.4 is 15.7 Å². The van der Waals surface area contributed by atoms with Gasteiger partial charge in [-0.3, -0.25) is 9.59 Å². The number of halogens is 1. The Kier molecular flexibility index (Phi) is 4.32. The molecule has 0 unspecified atom stereocenters. The minimum absolute atomic E-state index is 0.0833. The number of allylic oxidation sites excluding steroid dienone is 2. The van der Waals surface area contributed by atoms with Crippen molar-refractivity contribution in [1.29, 1.82) is 0 Å². The molecule has 0 saturated heterocycles. The molecule has 2 N–H and O–H groups in total. The Labute approximate surface area is 143 Å². The normalized spacial score (nSPS) is 27.1. The van der Waals surface area contributed by atoms with Crippen molar-refractivity contribution in [3.05, 3.63) is 35.4 Å².